The smallest absolute Gasteiger partial charge is 0.408 e. The van der Waals surface area contributed by atoms with Gasteiger partial charge in [-0.2, -0.15) is 0 Å². The van der Waals surface area contributed by atoms with Gasteiger partial charge < -0.3 is 20.3 Å². The lowest BCUT2D eigenvalue weighted by molar-refractivity contribution is -0.546. The van der Waals surface area contributed by atoms with Crippen molar-refractivity contribution in [1.82, 2.24) is 5.32 Å². The summed E-state index contributed by atoms with van der Waals surface area (Å²) in [6.45, 7) is 8.04. The van der Waals surface area contributed by atoms with E-state index in [1.807, 2.05) is 0 Å². The monoisotopic (exact) mass is 386 g/mol. The number of aliphatic carboxylic acids is 2. The minimum absolute atomic E-state index is 0.0938. The number of nitrogens with zero attached hydrogens (tertiary/aromatic N) is 1. The molecule has 0 aromatic carbocycles. The first-order chi connectivity index (χ1) is 12.3. The number of hydrogen-bond donors (Lipinski definition) is 3. The molecule has 2 saturated carbocycles. The Morgan fingerprint density at radius 1 is 1.19 bits per heavy atom. The average Bonchev–Trinajstić information content (AvgIpc) is 3.17. The molecule has 2 rings (SSSR count). The first kappa shape index (κ1) is 20.9. The van der Waals surface area contributed by atoms with Crippen molar-refractivity contribution in [2.45, 2.75) is 64.6 Å². The molecule has 0 aliphatic heterocycles. The normalized spacial score (nSPS) is 33.7. The molecule has 27 heavy (non-hydrogen) atoms. The van der Waals surface area contributed by atoms with Crippen LogP contribution in [0.25, 0.3) is 0 Å². The van der Waals surface area contributed by atoms with Crippen LogP contribution < -0.4 is 5.32 Å². The van der Waals surface area contributed by atoms with Crippen molar-refractivity contribution in [2.75, 3.05) is 0 Å². The van der Waals surface area contributed by atoms with Gasteiger partial charge in [-0.05, 0) is 33.6 Å². The van der Waals surface area contributed by atoms with Crippen molar-refractivity contribution < 1.29 is 34.3 Å². The van der Waals surface area contributed by atoms with Crippen LogP contribution in [0.2, 0.25) is 0 Å². The molecule has 3 N–H and O–H groups in total. The summed E-state index contributed by atoms with van der Waals surface area (Å²) in [6, 6.07) is -1.38. The Kier molecular flexibility index (Phi) is 4.92. The number of rotatable bonds is 6. The van der Waals surface area contributed by atoms with E-state index in [1.54, 1.807) is 34.6 Å². The quantitative estimate of drug-likeness (QED) is 0.460. The highest BCUT2D eigenvalue weighted by atomic mass is 16.6. The molecule has 10 heteroatoms. The van der Waals surface area contributed by atoms with E-state index >= 15 is 0 Å². The van der Waals surface area contributed by atoms with Crippen molar-refractivity contribution in [3.8, 4) is 0 Å². The van der Waals surface area contributed by atoms with E-state index in [1.165, 1.54) is 0 Å². The second-order valence-corrected chi connectivity index (χ2v) is 8.30. The summed E-state index contributed by atoms with van der Waals surface area (Å²) in [5.41, 5.74) is -4.44. The predicted molar refractivity (Wildman–Crippen MR) is 91.6 cm³/mol. The lowest BCUT2D eigenvalue weighted by Crippen LogP contribution is -2.68. The molecule has 0 aromatic rings. The molecule has 5 atom stereocenters. The molecule has 152 valence electrons. The SMILES string of the molecule is CCC1(CC)C([N+](=O)[O-])C2C(C(=O)O)C2C1(NC(=O)OC(C)(C)C)C(=O)O. The van der Waals surface area contributed by atoms with Crippen molar-refractivity contribution in [2.24, 2.45) is 23.2 Å². The summed E-state index contributed by atoms with van der Waals surface area (Å²) in [5.74, 6) is -5.99. The van der Waals surface area contributed by atoms with Crippen LogP contribution >= 0.6 is 0 Å². The van der Waals surface area contributed by atoms with Crippen molar-refractivity contribution in [1.29, 1.82) is 0 Å². The summed E-state index contributed by atoms with van der Waals surface area (Å²) < 4.78 is 5.18. The van der Waals surface area contributed by atoms with Gasteiger partial charge in [0, 0.05) is 16.8 Å². The lowest BCUT2D eigenvalue weighted by atomic mass is 9.62. The third kappa shape index (κ3) is 2.81. The molecule has 2 aliphatic rings. The summed E-state index contributed by atoms with van der Waals surface area (Å²) >= 11 is 0. The van der Waals surface area contributed by atoms with Gasteiger partial charge in [0.25, 0.3) is 0 Å². The van der Waals surface area contributed by atoms with Crippen LogP contribution in [0.3, 0.4) is 0 Å². The van der Waals surface area contributed by atoms with Crippen molar-refractivity contribution >= 4 is 18.0 Å². The number of carbonyl (C=O) groups excluding carboxylic acids is 1. The largest absolute Gasteiger partial charge is 0.481 e. The van der Waals surface area contributed by atoms with Crippen LogP contribution in [0.1, 0.15) is 47.5 Å². The highest BCUT2D eigenvalue weighted by Gasteiger charge is 2.88. The number of fused-ring (bicyclic) bond motifs is 1. The zero-order valence-electron chi connectivity index (χ0n) is 16.0. The molecule has 0 bridgehead atoms. The van der Waals surface area contributed by atoms with Crippen LogP contribution in [0, 0.1) is 33.3 Å². The third-order valence-electron chi connectivity index (χ3n) is 6.10. The number of hydrogen-bond acceptors (Lipinski definition) is 6. The van der Waals surface area contributed by atoms with E-state index in [-0.39, 0.29) is 12.8 Å². The Bertz CT molecular complexity index is 681. The number of carboxylic acids is 2. The molecule has 0 aromatic heterocycles. The molecule has 0 heterocycles. The van der Waals surface area contributed by atoms with E-state index < -0.39 is 63.3 Å². The van der Waals surface area contributed by atoms with Gasteiger partial charge in [0.1, 0.15) is 5.60 Å². The molecule has 0 spiro atoms. The van der Waals surface area contributed by atoms with Gasteiger partial charge in [0.05, 0.1) is 11.3 Å². The topological polar surface area (TPSA) is 156 Å². The van der Waals surface area contributed by atoms with E-state index in [0.29, 0.717) is 0 Å². The predicted octanol–water partition coefficient (Wildman–Crippen LogP) is 1.75. The minimum Gasteiger partial charge on any atom is -0.481 e. The summed E-state index contributed by atoms with van der Waals surface area (Å²) in [4.78, 5) is 47.7. The lowest BCUT2D eigenvalue weighted by Gasteiger charge is -2.45. The molecule has 0 saturated heterocycles. The highest BCUT2D eigenvalue weighted by Crippen LogP contribution is 2.71. The molecule has 1 amide bonds. The van der Waals surface area contributed by atoms with E-state index in [4.69, 9.17) is 4.74 Å². The third-order valence-corrected chi connectivity index (χ3v) is 6.10. The number of amides is 1. The van der Waals surface area contributed by atoms with E-state index in [0.717, 1.165) is 0 Å². The second-order valence-electron chi connectivity index (χ2n) is 8.30. The standard InChI is InChI=1S/C17H26N2O8/c1-6-16(7-2)11(19(25)26)8-9(12(20)21)10(8)17(16,13(22)23)18-14(24)27-15(3,4)5/h8-11H,6-7H2,1-5H3,(H,18,24)(H,20,21)(H,22,23). The fourth-order valence-electron chi connectivity index (χ4n) is 5.19. The maximum Gasteiger partial charge on any atom is 0.408 e. The van der Waals surface area contributed by atoms with E-state index in [9.17, 15) is 34.7 Å². The zero-order valence-corrected chi connectivity index (χ0v) is 16.0. The van der Waals surface area contributed by atoms with Gasteiger partial charge in [-0.25, -0.2) is 9.59 Å². The van der Waals surface area contributed by atoms with Gasteiger partial charge in [-0.15, -0.1) is 0 Å². The number of nitrogens with one attached hydrogen (secondary N) is 1. The fraction of sp³-hybridized carbons (Fsp3) is 0.824. The van der Waals surface area contributed by atoms with Crippen LogP contribution in [-0.2, 0) is 14.3 Å². The fourth-order valence-corrected chi connectivity index (χ4v) is 5.19. The van der Waals surface area contributed by atoms with Crippen LogP contribution in [-0.4, -0.2) is 50.4 Å². The Hall–Kier alpha value is -2.39. The maximum atomic E-state index is 12.4. The summed E-state index contributed by atoms with van der Waals surface area (Å²) in [5, 5.41) is 33.8. The molecule has 5 unspecified atom stereocenters. The summed E-state index contributed by atoms with van der Waals surface area (Å²) in [6.07, 6.45) is -0.845. The molecule has 2 aliphatic carbocycles. The second kappa shape index (κ2) is 6.35. The minimum atomic E-state index is -2.09. The van der Waals surface area contributed by atoms with Crippen LogP contribution in [0.4, 0.5) is 4.79 Å². The number of alkyl carbamates (subject to hydrolysis) is 1. The first-order valence-corrected chi connectivity index (χ1v) is 8.91. The highest BCUT2D eigenvalue weighted by molar-refractivity contribution is 5.90. The number of ether oxygens (including phenoxy) is 1. The van der Waals surface area contributed by atoms with Gasteiger partial charge in [-0.1, -0.05) is 13.8 Å². The molecular formula is C17H26N2O8. The Morgan fingerprint density at radius 2 is 1.70 bits per heavy atom. The number of carboxylic acid groups (broad SMARTS) is 2. The maximum absolute atomic E-state index is 12.4. The Labute approximate surface area is 156 Å². The van der Waals surface area contributed by atoms with Gasteiger partial charge in [0.15, 0.2) is 5.54 Å². The van der Waals surface area contributed by atoms with Crippen molar-refractivity contribution in [3.63, 3.8) is 0 Å². The van der Waals surface area contributed by atoms with Crippen molar-refractivity contribution in [3.05, 3.63) is 10.1 Å². The number of carbonyl (C=O) groups is 3. The van der Waals surface area contributed by atoms with Gasteiger partial charge >= 0.3 is 18.0 Å². The van der Waals surface area contributed by atoms with Gasteiger partial charge in [0.2, 0.25) is 6.04 Å². The van der Waals surface area contributed by atoms with Gasteiger partial charge in [-0.3, -0.25) is 14.9 Å². The van der Waals surface area contributed by atoms with E-state index in [2.05, 4.69) is 5.32 Å². The molecule has 2 fully saturated rings. The Morgan fingerprint density at radius 3 is 2.04 bits per heavy atom. The molecular weight excluding hydrogens is 360 g/mol. The summed E-state index contributed by atoms with van der Waals surface area (Å²) in [7, 11) is 0. The van der Waals surface area contributed by atoms with Crippen LogP contribution in [0.15, 0.2) is 0 Å². The Balaban J connectivity index is 2.63. The first-order valence-electron chi connectivity index (χ1n) is 8.91. The zero-order chi connectivity index (χ0) is 20.9. The van der Waals surface area contributed by atoms with Crippen LogP contribution in [0.5, 0.6) is 0 Å². The molecule has 0 radical (unpaired) electrons. The average molecular weight is 386 g/mol. The number of nitro groups is 1. The molecule has 10 nitrogen and oxygen atoms in total.